The highest BCUT2D eigenvalue weighted by Gasteiger charge is 2.22. The summed E-state index contributed by atoms with van der Waals surface area (Å²) in [5, 5.41) is 4.83. The smallest absolute Gasteiger partial charge is 0.272 e. The molecule has 1 amide bonds. The molecule has 0 bridgehead atoms. The van der Waals surface area contributed by atoms with Gasteiger partial charge in [-0.1, -0.05) is 61.9 Å². The molecule has 2 aromatic carbocycles. The van der Waals surface area contributed by atoms with Crippen LogP contribution in [0.2, 0.25) is 0 Å². The third kappa shape index (κ3) is 4.16. The molecule has 4 nitrogen and oxygen atoms in total. The van der Waals surface area contributed by atoms with Crippen LogP contribution in [0, 0.1) is 13.8 Å². The largest absolute Gasteiger partial charge is 0.337 e. The van der Waals surface area contributed by atoms with E-state index in [-0.39, 0.29) is 5.91 Å². The minimum absolute atomic E-state index is 0.0401. The fourth-order valence-electron chi connectivity index (χ4n) is 3.53. The van der Waals surface area contributed by atoms with E-state index >= 15 is 0 Å². The van der Waals surface area contributed by atoms with E-state index in [0.29, 0.717) is 5.69 Å². The molecule has 1 heterocycles. The molecule has 0 spiro atoms. The number of aromatic nitrogens is 2. The molecule has 0 atom stereocenters. The maximum atomic E-state index is 13.4. The predicted molar refractivity (Wildman–Crippen MR) is 115 cm³/mol. The van der Waals surface area contributed by atoms with Gasteiger partial charge >= 0.3 is 0 Å². The summed E-state index contributed by atoms with van der Waals surface area (Å²) in [6.45, 7) is 9.86. The Morgan fingerprint density at radius 3 is 2.25 bits per heavy atom. The van der Waals surface area contributed by atoms with Crippen LogP contribution in [0.3, 0.4) is 0 Å². The number of carbonyl (C=O) groups excluding carboxylic acids is 1. The topological polar surface area (TPSA) is 38.1 Å². The molecule has 0 aliphatic rings. The van der Waals surface area contributed by atoms with Crippen LogP contribution in [-0.4, -0.2) is 33.7 Å². The zero-order valence-corrected chi connectivity index (χ0v) is 17.3. The van der Waals surface area contributed by atoms with Crippen molar-refractivity contribution in [2.24, 2.45) is 0 Å². The second-order valence-corrected chi connectivity index (χ2v) is 7.27. The van der Waals surface area contributed by atoms with Crippen molar-refractivity contribution in [2.75, 3.05) is 13.1 Å². The Bertz CT molecular complexity index is 938. The average Bonchev–Trinajstić information content (AvgIpc) is 3.13. The van der Waals surface area contributed by atoms with Crippen LogP contribution in [-0.2, 0) is 0 Å². The van der Waals surface area contributed by atoms with Gasteiger partial charge in [-0.05, 0) is 44.4 Å². The fourth-order valence-corrected chi connectivity index (χ4v) is 3.53. The molecule has 0 saturated heterocycles. The highest BCUT2D eigenvalue weighted by atomic mass is 16.2. The van der Waals surface area contributed by atoms with E-state index in [2.05, 4.69) is 39.8 Å². The van der Waals surface area contributed by atoms with Gasteiger partial charge in [-0.2, -0.15) is 5.10 Å². The minimum atomic E-state index is 0.0401. The average molecular weight is 376 g/mol. The number of amides is 1. The zero-order valence-electron chi connectivity index (χ0n) is 17.3. The molecule has 0 N–H and O–H groups in total. The number of carbonyl (C=O) groups is 1. The summed E-state index contributed by atoms with van der Waals surface area (Å²) in [4.78, 5) is 15.3. The second kappa shape index (κ2) is 8.87. The standard InChI is InChI=1S/C24H29N3O/c1-5-14-26(15-6-2)24(28)23-17-21(20-10-8-7-9-11-20)25-27(23)22-13-12-18(3)16-19(22)4/h7-13,16-17H,5-6,14-15H2,1-4H3. The maximum absolute atomic E-state index is 13.4. The van der Waals surface area contributed by atoms with Gasteiger partial charge in [-0.3, -0.25) is 4.79 Å². The Morgan fingerprint density at radius 1 is 0.964 bits per heavy atom. The zero-order chi connectivity index (χ0) is 20.1. The molecule has 146 valence electrons. The Balaban J connectivity index is 2.13. The molecule has 3 rings (SSSR count). The Labute approximate surface area is 167 Å². The number of hydrogen-bond acceptors (Lipinski definition) is 2. The molecule has 4 heteroatoms. The first-order valence-corrected chi connectivity index (χ1v) is 10.1. The lowest BCUT2D eigenvalue weighted by molar-refractivity contribution is 0.0746. The van der Waals surface area contributed by atoms with E-state index in [4.69, 9.17) is 5.10 Å². The monoisotopic (exact) mass is 375 g/mol. The van der Waals surface area contributed by atoms with Crippen molar-refractivity contribution < 1.29 is 4.79 Å². The van der Waals surface area contributed by atoms with Gasteiger partial charge in [-0.25, -0.2) is 4.68 Å². The number of benzene rings is 2. The molecule has 1 aromatic heterocycles. The lowest BCUT2D eigenvalue weighted by Crippen LogP contribution is -2.34. The highest BCUT2D eigenvalue weighted by molar-refractivity contribution is 5.94. The highest BCUT2D eigenvalue weighted by Crippen LogP contribution is 2.25. The molecule has 0 aliphatic carbocycles. The van der Waals surface area contributed by atoms with Gasteiger partial charge in [0.15, 0.2) is 0 Å². The van der Waals surface area contributed by atoms with Gasteiger partial charge in [0.25, 0.3) is 5.91 Å². The number of rotatable bonds is 7. The van der Waals surface area contributed by atoms with Crippen LogP contribution in [0.15, 0.2) is 54.6 Å². The third-order valence-corrected chi connectivity index (χ3v) is 4.85. The first-order chi connectivity index (χ1) is 13.5. The summed E-state index contributed by atoms with van der Waals surface area (Å²) in [5.41, 5.74) is 5.70. The van der Waals surface area contributed by atoms with E-state index < -0.39 is 0 Å². The van der Waals surface area contributed by atoms with E-state index in [1.165, 1.54) is 5.56 Å². The molecule has 28 heavy (non-hydrogen) atoms. The maximum Gasteiger partial charge on any atom is 0.272 e. The first kappa shape index (κ1) is 19.9. The summed E-state index contributed by atoms with van der Waals surface area (Å²) in [6, 6.07) is 18.2. The van der Waals surface area contributed by atoms with Crippen molar-refractivity contribution in [3.63, 3.8) is 0 Å². The van der Waals surface area contributed by atoms with Crippen LogP contribution < -0.4 is 0 Å². The van der Waals surface area contributed by atoms with Crippen molar-refractivity contribution in [3.8, 4) is 16.9 Å². The van der Waals surface area contributed by atoms with E-state index in [1.807, 2.05) is 52.0 Å². The third-order valence-electron chi connectivity index (χ3n) is 4.85. The normalized spacial score (nSPS) is 10.9. The molecule has 0 radical (unpaired) electrons. The predicted octanol–water partition coefficient (Wildman–Crippen LogP) is 5.42. The van der Waals surface area contributed by atoms with Gasteiger partial charge in [-0.15, -0.1) is 0 Å². The molecule has 0 aliphatic heterocycles. The van der Waals surface area contributed by atoms with Crippen LogP contribution in [0.5, 0.6) is 0 Å². The lowest BCUT2D eigenvalue weighted by Gasteiger charge is -2.22. The van der Waals surface area contributed by atoms with Crippen molar-refractivity contribution in [3.05, 3.63) is 71.4 Å². The van der Waals surface area contributed by atoms with Gasteiger partial charge in [0.1, 0.15) is 5.69 Å². The van der Waals surface area contributed by atoms with Crippen molar-refractivity contribution in [1.82, 2.24) is 14.7 Å². The molecule has 0 unspecified atom stereocenters. The Hall–Kier alpha value is -2.88. The van der Waals surface area contributed by atoms with Crippen molar-refractivity contribution in [2.45, 2.75) is 40.5 Å². The molecular weight excluding hydrogens is 346 g/mol. The summed E-state index contributed by atoms with van der Waals surface area (Å²) >= 11 is 0. The van der Waals surface area contributed by atoms with Gasteiger partial charge in [0.05, 0.1) is 11.4 Å². The Morgan fingerprint density at radius 2 is 1.64 bits per heavy atom. The van der Waals surface area contributed by atoms with Gasteiger partial charge < -0.3 is 4.90 Å². The Kier molecular flexibility index (Phi) is 6.30. The molecule has 0 fully saturated rings. The SMILES string of the molecule is CCCN(CCC)C(=O)c1cc(-c2ccccc2)nn1-c1ccc(C)cc1C. The first-order valence-electron chi connectivity index (χ1n) is 10.1. The van der Waals surface area contributed by atoms with Crippen LogP contribution >= 0.6 is 0 Å². The fraction of sp³-hybridized carbons (Fsp3) is 0.333. The van der Waals surface area contributed by atoms with E-state index in [9.17, 15) is 4.79 Å². The number of nitrogens with zero attached hydrogens (tertiary/aromatic N) is 3. The quantitative estimate of drug-likeness (QED) is 0.553. The molecule has 0 saturated carbocycles. The summed E-state index contributed by atoms with van der Waals surface area (Å²) in [5.74, 6) is 0.0401. The van der Waals surface area contributed by atoms with E-state index in [1.54, 1.807) is 0 Å². The lowest BCUT2D eigenvalue weighted by atomic mass is 10.1. The summed E-state index contributed by atoms with van der Waals surface area (Å²) in [6.07, 6.45) is 1.88. The number of hydrogen-bond donors (Lipinski definition) is 0. The van der Waals surface area contributed by atoms with Gasteiger partial charge in [0.2, 0.25) is 0 Å². The van der Waals surface area contributed by atoms with Crippen molar-refractivity contribution in [1.29, 1.82) is 0 Å². The van der Waals surface area contributed by atoms with Crippen LogP contribution in [0.4, 0.5) is 0 Å². The van der Waals surface area contributed by atoms with Crippen LogP contribution in [0.25, 0.3) is 16.9 Å². The summed E-state index contributed by atoms with van der Waals surface area (Å²) in [7, 11) is 0. The van der Waals surface area contributed by atoms with Crippen molar-refractivity contribution >= 4 is 5.91 Å². The minimum Gasteiger partial charge on any atom is -0.337 e. The molecular formula is C24H29N3O. The molecule has 3 aromatic rings. The van der Waals surface area contributed by atoms with E-state index in [0.717, 1.165) is 48.4 Å². The summed E-state index contributed by atoms with van der Waals surface area (Å²) < 4.78 is 1.82. The second-order valence-electron chi connectivity index (χ2n) is 7.27. The number of aryl methyl sites for hydroxylation is 2. The van der Waals surface area contributed by atoms with Gasteiger partial charge in [0, 0.05) is 18.7 Å². The van der Waals surface area contributed by atoms with Crippen LogP contribution in [0.1, 0.15) is 48.3 Å².